The number of ether oxygens (including phenoxy) is 2. The lowest BCUT2D eigenvalue weighted by atomic mass is 10.1. The second-order valence-electron chi connectivity index (χ2n) is 14.0. The maximum Gasteiger partial charge on any atom is 0.306 e. The topological polar surface area (TPSA) is 76.1 Å². The minimum Gasteiger partial charge on any atom is -0.462 e. The molecule has 0 bridgehead atoms. The molecule has 0 aliphatic rings. The molecule has 1 amide bonds. The summed E-state index contributed by atoms with van der Waals surface area (Å²) in [6, 6.07) is 0. The lowest BCUT2D eigenvalue weighted by molar-refractivity contribution is -0.149. The van der Waals surface area contributed by atoms with Gasteiger partial charge in [0, 0.05) is 38.2 Å². The lowest BCUT2D eigenvalue weighted by Crippen LogP contribution is -2.30. The van der Waals surface area contributed by atoms with Gasteiger partial charge in [-0.15, -0.1) is 0 Å². The van der Waals surface area contributed by atoms with E-state index in [1.807, 2.05) is 25.1 Å². The van der Waals surface area contributed by atoms with Gasteiger partial charge in [0.25, 0.3) is 5.24 Å². The summed E-state index contributed by atoms with van der Waals surface area (Å²) >= 11 is 1.41. The van der Waals surface area contributed by atoms with Crippen LogP contribution in [0.5, 0.6) is 0 Å². The van der Waals surface area contributed by atoms with Crippen LogP contribution in [0.25, 0.3) is 0 Å². The maximum absolute atomic E-state index is 13.0. The highest BCUT2D eigenvalue weighted by Gasteiger charge is 2.15. The van der Waals surface area contributed by atoms with Crippen molar-refractivity contribution >= 4 is 28.9 Å². The first kappa shape index (κ1) is 48.9. The number of carbonyl (C=O) groups is 3. The van der Waals surface area contributed by atoms with Crippen LogP contribution in [0.2, 0.25) is 0 Å². The van der Waals surface area contributed by atoms with Crippen LogP contribution in [0.3, 0.4) is 0 Å². The Hall–Kier alpha value is -2.06. The molecule has 296 valence electrons. The van der Waals surface area contributed by atoms with Crippen molar-refractivity contribution in [1.82, 2.24) is 9.80 Å². The van der Waals surface area contributed by atoms with Crippen molar-refractivity contribution in [2.24, 2.45) is 0 Å². The number of hydrogen-bond donors (Lipinski definition) is 0. The molecule has 0 heterocycles. The molecule has 0 aliphatic heterocycles. The average Bonchev–Trinajstić information content (AvgIpc) is 3.10. The fourth-order valence-corrected chi connectivity index (χ4v) is 6.51. The molecule has 51 heavy (non-hydrogen) atoms. The van der Waals surface area contributed by atoms with E-state index in [1.165, 1.54) is 37.4 Å². The summed E-state index contributed by atoms with van der Waals surface area (Å²) in [5.41, 5.74) is 0. The number of nitrogens with zero attached hydrogens (tertiary/aromatic N) is 2. The smallest absolute Gasteiger partial charge is 0.306 e. The molecule has 0 fully saturated rings. The Kier molecular flexibility index (Phi) is 36.2. The lowest BCUT2D eigenvalue weighted by Gasteiger charge is -2.22. The predicted molar refractivity (Wildman–Crippen MR) is 219 cm³/mol. The monoisotopic (exact) mass is 735 g/mol. The minimum atomic E-state index is -0.127. The largest absolute Gasteiger partial charge is 0.462 e. The fourth-order valence-electron chi connectivity index (χ4n) is 5.52. The van der Waals surface area contributed by atoms with Crippen LogP contribution in [-0.4, -0.2) is 79.2 Å². The number of carbonyl (C=O) groups excluding carboxylic acids is 3. The van der Waals surface area contributed by atoms with Gasteiger partial charge >= 0.3 is 11.9 Å². The minimum absolute atomic E-state index is 0.0226. The summed E-state index contributed by atoms with van der Waals surface area (Å²) < 4.78 is 11.3. The third-order valence-corrected chi connectivity index (χ3v) is 9.62. The Morgan fingerprint density at radius 3 is 1.67 bits per heavy atom. The van der Waals surface area contributed by atoms with Gasteiger partial charge in [-0.05, 0) is 91.1 Å². The molecular weight excluding hydrogens is 657 g/mol. The van der Waals surface area contributed by atoms with Crippen LogP contribution in [0.1, 0.15) is 168 Å². The molecule has 0 aliphatic carbocycles. The predicted octanol–water partition coefficient (Wildman–Crippen LogP) is 11.9. The van der Waals surface area contributed by atoms with Gasteiger partial charge in [0.15, 0.2) is 0 Å². The van der Waals surface area contributed by atoms with Crippen LogP contribution < -0.4 is 0 Å². The maximum atomic E-state index is 13.0. The van der Waals surface area contributed by atoms with Crippen LogP contribution in [0.15, 0.2) is 36.5 Å². The summed E-state index contributed by atoms with van der Waals surface area (Å²) in [6.45, 7) is 9.31. The van der Waals surface area contributed by atoms with E-state index in [-0.39, 0.29) is 23.3 Å². The van der Waals surface area contributed by atoms with Crippen LogP contribution in [0.4, 0.5) is 4.79 Å². The van der Waals surface area contributed by atoms with E-state index >= 15 is 0 Å². The SMILES string of the molecule is CCC/C=C/CCC(CC/C=C/CCC)OC(=O)CCCCCCN(CCCCCCC(=O)OC/C=C\CCCCCC)C(=O)SCCN(C)C. The molecule has 0 aromatic carbocycles. The highest BCUT2D eigenvalue weighted by atomic mass is 32.2. The zero-order chi connectivity index (χ0) is 37.6. The van der Waals surface area contributed by atoms with Crippen molar-refractivity contribution in [3.05, 3.63) is 36.5 Å². The molecule has 8 heteroatoms. The zero-order valence-corrected chi connectivity index (χ0v) is 34.5. The molecule has 0 saturated carbocycles. The number of amides is 1. The van der Waals surface area contributed by atoms with Crippen molar-refractivity contribution in [1.29, 1.82) is 0 Å². The Morgan fingerprint density at radius 1 is 0.569 bits per heavy atom. The Balaban J connectivity index is 4.46. The fraction of sp³-hybridized carbons (Fsp3) is 0.791. The highest BCUT2D eigenvalue weighted by molar-refractivity contribution is 8.13. The molecule has 0 rings (SSSR count). The molecular formula is C43H78N2O5S. The summed E-state index contributed by atoms with van der Waals surface area (Å²) in [4.78, 5) is 41.9. The molecule has 0 saturated heterocycles. The second kappa shape index (κ2) is 37.7. The first-order chi connectivity index (χ1) is 24.8. The van der Waals surface area contributed by atoms with E-state index in [1.54, 1.807) is 0 Å². The zero-order valence-electron chi connectivity index (χ0n) is 33.7. The molecule has 0 unspecified atom stereocenters. The van der Waals surface area contributed by atoms with E-state index in [0.717, 1.165) is 135 Å². The van der Waals surface area contributed by atoms with E-state index < -0.39 is 0 Å². The average molecular weight is 735 g/mol. The summed E-state index contributed by atoms with van der Waals surface area (Å²) in [6.07, 6.45) is 35.5. The molecule has 0 aromatic rings. The van der Waals surface area contributed by atoms with E-state index in [2.05, 4.69) is 56.1 Å². The number of hydrogen-bond acceptors (Lipinski definition) is 7. The van der Waals surface area contributed by atoms with Crippen molar-refractivity contribution in [2.75, 3.05) is 46.1 Å². The number of unbranched alkanes of at least 4 members (excludes halogenated alkanes) is 12. The summed E-state index contributed by atoms with van der Waals surface area (Å²) in [5.74, 6) is 0.576. The van der Waals surface area contributed by atoms with Gasteiger partial charge in [0.05, 0.1) is 0 Å². The van der Waals surface area contributed by atoms with Gasteiger partial charge in [-0.1, -0.05) is 127 Å². The van der Waals surface area contributed by atoms with E-state index in [9.17, 15) is 14.4 Å². The van der Waals surface area contributed by atoms with Crippen molar-refractivity contribution in [3.8, 4) is 0 Å². The number of esters is 2. The van der Waals surface area contributed by atoms with E-state index in [4.69, 9.17) is 9.47 Å². The molecule has 0 radical (unpaired) electrons. The number of rotatable bonds is 35. The van der Waals surface area contributed by atoms with Gasteiger partial charge in [-0.3, -0.25) is 14.4 Å². The Bertz CT molecular complexity index is 900. The summed E-state index contributed by atoms with van der Waals surface area (Å²) in [7, 11) is 4.05. The van der Waals surface area contributed by atoms with Crippen LogP contribution >= 0.6 is 11.8 Å². The first-order valence-corrected chi connectivity index (χ1v) is 21.7. The van der Waals surface area contributed by atoms with Gasteiger partial charge < -0.3 is 19.3 Å². The molecule has 0 N–H and O–H groups in total. The highest BCUT2D eigenvalue weighted by Crippen LogP contribution is 2.16. The van der Waals surface area contributed by atoms with Crippen molar-refractivity contribution in [3.63, 3.8) is 0 Å². The van der Waals surface area contributed by atoms with Crippen molar-refractivity contribution < 1.29 is 23.9 Å². The standard InChI is InChI=1S/C43H78N2O5S/c1-6-9-12-15-16-23-30-38-49-41(46)33-26-19-21-28-35-45(43(48)51-39-37-44(4)5)36-29-22-20-27-34-42(47)50-40(31-24-17-13-10-7-2)32-25-18-14-11-8-3/h13-14,17-18,23,30,40H,6-12,15-16,19-22,24-29,31-39H2,1-5H3/b17-13+,18-14+,30-23-. The van der Waals surface area contributed by atoms with Gasteiger partial charge in [-0.25, -0.2) is 0 Å². The Labute approximate surface area is 318 Å². The third kappa shape index (κ3) is 34.8. The van der Waals surface area contributed by atoms with Crippen LogP contribution in [0, 0.1) is 0 Å². The third-order valence-electron chi connectivity index (χ3n) is 8.72. The van der Waals surface area contributed by atoms with Crippen LogP contribution in [-0.2, 0) is 19.1 Å². The normalized spacial score (nSPS) is 11.9. The van der Waals surface area contributed by atoms with Gasteiger partial charge in [0.1, 0.15) is 12.7 Å². The molecule has 7 nitrogen and oxygen atoms in total. The molecule has 0 atom stereocenters. The molecule has 0 aromatic heterocycles. The second-order valence-corrected chi connectivity index (χ2v) is 15.1. The van der Waals surface area contributed by atoms with Gasteiger partial charge in [0.2, 0.25) is 0 Å². The quantitative estimate of drug-likeness (QED) is 0.0364. The summed E-state index contributed by atoms with van der Waals surface area (Å²) in [5, 5.41) is 0.155. The van der Waals surface area contributed by atoms with Crippen molar-refractivity contribution in [2.45, 2.75) is 175 Å². The molecule has 0 spiro atoms. The number of allylic oxidation sites excluding steroid dienone is 5. The Morgan fingerprint density at radius 2 is 1.10 bits per heavy atom. The van der Waals surface area contributed by atoms with Gasteiger partial charge in [-0.2, -0.15) is 0 Å². The van der Waals surface area contributed by atoms with E-state index in [0.29, 0.717) is 19.4 Å². The first-order valence-electron chi connectivity index (χ1n) is 20.7. The number of thioether (sulfide) groups is 1.